The van der Waals surface area contributed by atoms with Crippen LogP contribution >= 0.6 is 11.3 Å². The minimum atomic E-state index is -1.14. The van der Waals surface area contributed by atoms with E-state index in [9.17, 15) is 14.4 Å². The number of pyridine rings is 1. The van der Waals surface area contributed by atoms with Crippen molar-refractivity contribution in [2.24, 2.45) is 5.41 Å². The molecule has 3 aromatic heterocycles. The van der Waals surface area contributed by atoms with E-state index in [-0.39, 0.29) is 17.4 Å². The zero-order valence-electron chi connectivity index (χ0n) is 22.1. The Hall–Kier alpha value is -3.69. The fraction of sp³-hybridized carbons (Fsp3) is 0.345. The molecule has 0 bridgehead atoms. The van der Waals surface area contributed by atoms with E-state index >= 15 is 0 Å². The summed E-state index contributed by atoms with van der Waals surface area (Å²) in [5, 5.41) is 2.64. The van der Waals surface area contributed by atoms with E-state index in [4.69, 9.17) is 4.42 Å². The standard InChI is InChI=1S/C29H32N4O4S/c1-5-33-23-9-8-20(17-24(23)30(4)27(35)29(2,3)28(33)36)18-31(19-21-7-6-16-38-21)13-14-32-12-10-25-22(26(32)34)11-15-37-25/h6-12,15-17H,5,13-14,18-19H2,1-4H3. The van der Waals surface area contributed by atoms with Crippen molar-refractivity contribution in [3.63, 3.8) is 0 Å². The topological polar surface area (TPSA) is 79.0 Å². The molecule has 4 heterocycles. The number of hydrogen-bond acceptors (Lipinski definition) is 6. The van der Waals surface area contributed by atoms with E-state index in [1.54, 1.807) is 58.9 Å². The van der Waals surface area contributed by atoms with Crippen molar-refractivity contribution >= 4 is 45.5 Å². The Labute approximate surface area is 225 Å². The van der Waals surface area contributed by atoms with Crippen LogP contribution in [0, 0.1) is 5.41 Å². The van der Waals surface area contributed by atoms with Crippen LogP contribution in [0.2, 0.25) is 0 Å². The lowest BCUT2D eigenvalue weighted by atomic mass is 9.90. The molecular weight excluding hydrogens is 500 g/mol. The molecule has 1 aliphatic heterocycles. The largest absolute Gasteiger partial charge is 0.464 e. The molecule has 4 aromatic rings. The summed E-state index contributed by atoms with van der Waals surface area (Å²) in [6, 6.07) is 13.6. The number of furan rings is 1. The van der Waals surface area contributed by atoms with Crippen molar-refractivity contribution in [1.82, 2.24) is 9.47 Å². The number of rotatable bonds is 8. The third-order valence-corrected chi connectivity index (χ3v) is 8.10. The summed E-state index contributed by atoms with van der Waals surface area (Å²) >= 11 is 1.70. The van der Waals surface area contributed by atoms with Crippen molar-refractivity contribution in [1.29, 1.82) is 0 Å². The second kappa shape index (κ2) is 10.2. The molecule has 198 valence electrons. The van der Waals surface area contributed by atoms with Gasteiger partial charge >= 0.3 is 0 Å². The minimum Gasteiger partial charge on any atom is -0.464 e. The van der Waals surface area contributed by atoms with Gasteiger partial charge in [-0.05, 0) is 62.0 Å². The Morgan fingerprint density at radius 1 is 1.00 bits per heavy atom. The Morgan fingerprint density at radius 2 is 1.82 bits per heavy atom. The van der Waals surface area contributed by atoms with Gasteiger partial charge in [0.15, 0.2) is 0 Å². The van der Waals surface area contributed by atoms with Crippen LogP contribution in [0.1, 0.15) is 31.2 Å². The lowest BCUT2D eigenvalue weighted by molar-refractivity contribution is -0.137. The summed E-state index contributed by atoms with van der Waals surface area (Å²) in [5.41, 5.74) is 1.88. The van der Waals surface area contributed by atoms with Gasteiger partial charge in [-0.25, -0.2) is 0 Å². The zero-order valence-corrected chi connectivity index (χ0v) is 23.0. The zero-order chi connectivity index (χ0) is 27.0. The molecule has 0 unspecified atom stereocenters. The van der Waals surface area contributed by atoms with E-state index in [1.165, 1.54) is 11.1 Å². The van der Waals surface area contributed by atoms with Crippen LogP contribution in [0.15, 0.2) is 69.5 Å². The highest BCUT2D eigenvalue weighted by atomic mass is 32.1. The van der Waals surface area contributed by atoms with Gasteiger partial charge in [-0.15, -0.1) is 11.3 Å². The fourth-order valence-corrected chi connectivity index (χ4v) is 5.82. The van der Waals surface area contributed by atoms with Crippen molar-refractivity contribution in [2.45, 2.75) is 40.4 Å². The van der Waals surface area contributed by atoms with Gasteiger partial charge < -0.3 is 18.8 Å². The predicted octanol–water partition coefficient (Wildman–Crippen LogP) is 4.71. The smallest absolute Gasteiger partial charge is 0.261 e. The van der Waals surface area contributed by atoms with Crippen LogP contribution in [0.3, 0.4) is 0 Å². The molecule has 9 heteroatoms. The lowest BCUT2D eigenvalue weighted by Gasteiger charge is -2.27. The first-order valence-electron chi connectivity index (χ1n) is 12.7. The maximum absolute atomic E-state index is 13.2. The first-order valence-corrected chi connectivity index (χ1v) is 13.6. The molecule has 0 spiro atoms. The number of nitrogens with zero attached hydrogens (tertiary/aromatic N) is 4. The van der Waals surface area contributed by atoms with Crippen molar-refractivity contribution < 1.29 is 14.0 Å². The maximum Gasteiger partial charge on any atom is 0.261 e. The summed E-state index contributed by atoms with van der Waals surface area (Å²) in [7, 11) is 1.74. The molecular formula is C29H32N4O4S. The molecule has 8 nitrogen and oxygen atoms in total. The number of anilines is 2. The third kappa shape index (κ3) is 4.68. The Kier molecular flexibility index (Phi) is 6.98. The van der Waals surface area contributed by atoms with Crippen LogP contribution in [-0.2, 0) is 29.2 Å². The maximum atomic E-state index is 13.2. The van der Waals surface area contributed by atoms with E-state index in [2.05, 4.69) is 16.3 Å². The highest BCUT2D eigenvalue weighted by Crippen LogP contribution is 2.39. The quantitative estimate of drug-likeness (QED) is 0.307. The number of thiophene rings is 1. The molecule has 38 heavy (non-hydrogen) atoms. The van der Waals surface area contributed by atoms with Crippen LogP contribution in [-0.4, -0.2) is 41.4 Å². The third-order valence-electron chi connectivity index (χ3n) is 7.24. The lowest BCUT2D eigenvalue weighted by Crippen LogP contribution is -2.47. The number of aromatic nitrogens is 1. The van der Waals surface area contributed by atoms with E-state index in [0.717, 1.165) is 23.5 Å². The Bertz CT molecular complexity index is 1540. The summed E-state index contributed by atoms with van der Waals surface area (Å²) in [6.45, 7) is 8.33. The normalized spacial score (nSPS) is 15.4. The number of benzene rings is 1. The number of carbonyl (C=O) groups is 2. The predicted molar refractivity (Wildman–Crippen MR) is 151 cm³/mol. The second-order valence-electron chi connectivity index (χ2n) is 10.2. The van der Waals surface area contributed by atoms with Crippen molar-refractivity contribution in [3.05, 3.63) is 81.1 Å². The summed E-state index contributed by atoms with van der Waals surface area (Å²) < 4.78 is 7.08. The number of fused-ring (bicyclic) bond motifs is 2. The van der Waals surface area contributed by atoms with Gasteiger partial charge in [0.2, 0.25) is 11.8 Å². The molecule has 5 rings (SSSR count). The van der Waals surface area contributed by atoms with E-state index in [1.807, 2.05) is 37.3 Å². The molecule has 0 atom stereocenters. The molecule has 0 aliphatic carbocycles. The van der Waals surface area contributed by atoms with Gasteiger partial charge in [0.25, 0.3) is 5.56 Å². The molecule has 0 radical (unpaired) electrons. The number of carbonyl (C=O) groups excluding carboxylic acids is 2. The summed E-state index contributed by atoms with van der Waals surface area (Å²) in [5.74, 6) is -0.413. The van der Waals surface area contributed by atoms with Crippen molar-refractivity contribution in [2.75, 3.05) is 29.9 Å². The van der Waals surface area contributed by atoms with Crippen LogP contribution in [0.4, 0.5) is 11.4 Å². The molecule has 1 aliphatic rings. The minimum absolute atomic E-state index is 0.0653. The van der Waals surface area contributed by atoms with Gasteiger partial charge in [-0.1, -0.05) is 12.1 Å². The molecule has 0 saturated carbocycles. The van der Waals surface area contributed by atoms with Gasteiger partial charge in [0.1, 0.15) is 11.0 Å². The SMILES string of the molecule is CCN1C(=O)C(C)(C)C(=O)N(C)c2cc(CN(CCn3ccc4occc4c3=O)Cc3cccs3)ccc21. The van der Waals surface area contributed by atoms with Gasteiger partial charge in [0, 0.05) is 50.8 Å². The number of hydrogen-bond donors (Lipinski definition) is 0. The first kappa shape index (κ1) is 25.9. The molecule has 2 amide bonds. The van der Waals surface area contributed by atoms with Crippen LogP contribution < -0.4 is 15.4 Å². The van der Waals surface area contributed by atoms with E-state index < -0.39 is 5.41 Å². The molecule has 0 fully saturated rings. The Morgan fingerprint density at radius 3 is 2.55 bits per heavy atom. The molecule has 0 saturated heterocycles. The Balaban J connectivity index is 1.43. The second-order valence-corrected chi connectivity index (χ2v) is 11.2. The van der Waals surface area contributed by atoms with Gasteiger partial charge in [-0.3, -0.25) is 19.3 Å². The van der Waals surface area contributed by atoms with Gasteiger partial charge in [0.05, 0.1) is 23.0 Å². The van der Waals surface area contributed by atoms with E-state index in [0.29, 0.717) is 37.1 Å². The summed E-state index contributed by atoms with van der Waals surface area (Å²) in [6.07, 6.45) is 3.31. The van der Waals surface area contributed by atoms with Gasteiger partial charge in [-0.2, -0.15) is 0 Å². The monoisotopic (exact) mass is 532 g/mol. The first-order chi connectivity index (χ1) is 18.2. The molecule has 0 N–H and O–H groups in total. The molecule has 1 aromatic carbocycles. The number of amides is 2. The average Bonchev–Trinajstić information content (AvgIpc) is 3.59. The van der Waals surface area contributed by atoms with Crippen LogP contribution in [0.25, 0.3) is 11.0 Å². The highest BCUT2D eigenvalue weighted by molar-refractivity contribution is 7.09. The fourth-order valence-electron chi connectivity index (χ4n) is 5.07. The highest BCUT2D eigenvalue weighted by Gasteiger charge is 2.45. The summed E-state index contributed by atoms with van der Waals surface area (Å²) in [4.78, 5) is 46.2. The average molecular weight is 533 g/mol. The van der Waals surface area contributed by atoms with Crippen molar-refractivity contribution in [3.8, 4) is 0 Å². The van der Waals surface area contributed by atoms with Crippen LogP contribution in [0.5, 0.6) is 0 Å².